The maximum absolute atomic E-state index is 12.3. The van der Waals surface area contributed by atoms with Crippen molar-refractivity contribution in [2.24, 2.45) is 10.2 Å². The molecule has 0 fully saturated rings. The lowest BCUT2D eigenvalue weighted by Gasteiger charge is -2.08. The van der Waals surface area contributed by atoms with Crippen LogP contribution in [0, 0.1) is 0 Å². The van der Waals surface area contributed by atoms with E-state index in [1.807, 2.05) is 54.6 Å². The van der Waals surface area contributed by atoms with Crippen LogP contribution < -0.4 is 4.74 Å². The van der Waals surface area contributed by atoms with Crippen LogP contribution in [-0.2, 0) is 6.54 Å². The number of para-hydroxylation sites is 2. The van der Waals surface area contributed by atoms with Gasteiger partial charge >= 0.3 is 0 Å². The molecule has 0 aliphatic rings. The predicted octanol–water partition coefficient (Wildman–Crippen LogP) is 5.45. The van der Waals surface area contributed by atoms with Gasteiger partial charge in [0, 0.05) is 17.5 Å². The second kappa shape index (κ2) is 9.13. The summed E-state index contributed by atoms with van der Waals surface area (Å²) in [6.45, 7) is 1.01. The van der Waals surface area contributed by atoms with Crippen LogP contribution in [-0.4, -0.2) is 27.3 Å². The first-order valence-corrected chi connectivity index (χ1v) is 9.86. The van der Waals surface area contributed by atoms with Gasteiger partial charge in [-0.15, -0.1) is 10.2 Å². The van der Waals surface area contributed by atoms with Gasteiger partial charge in [0.1, 0.15) is 11.5 Å². The predicted molar refractivity (Wildman–Crippen MR) is 117 cm³/mol. The number of phenols is 1. The summed E-state index contributed by atoms with van der Waals surface area (Å²) in [4.78, 5) is 12.3. The van der Waals surface area contributed by atoms with Gasteiger partial charge in [-0.05, 0) is 48.9 Å². The van der Waals surface area contributed by atoms with Gasteiger partial charge in [-0.3, -0.25) is 4.79 Å². The standard InChI is InChI=1S/C24H21N3O4/c28-18-13-11-17(12-14-18)23(29)26-25-22-20-9-4-5-10-21(20)27(24(22)30)15-6-16-31-19-7-2-1-3-8-19/h1-5,7-14,28,30H,6,15-16H2. The van der Waals surface area contributed by atoms with Crippen molar-refractivity contribution in [2.75, 3.05) is 6.61 Å². The van der Waals surface area contributed by atoms with Crippen LogP contribution in [0.4, 0.5) is 5.69 Å². The molecule has 0 bridgehead atoms. The van der Waals surface area contributed by atoms with E-state index >= 15 is 0 Å². The van der Waals surface area contributed by atoms with E-state index in [0.29, 0.717) is 30.5 Å². The highest BCUT2D eigenvalue weighted by molar-refractivity contribution is 5.97. The van der Waals surface area contributed by atoms with E-state index in [1.54, 1.807) is 4.57 Å². The quantitative estimate of drug-likeness (QED) is 0.310. The van der Waals surface area contributed by atoms with Crippen LogP contribution in [0.25, 0.3) is 10.9 Å². The molecule has 0 saturated heterocycles. The van der Waals surface area contributed by atoms with Gasteiger partial charge in [0.15, 0.2) is 5.69 Å². The van der Waals surface area contributed by atoms with Crippen LogP contribution >= 0.6 is 0 Å². The number of aryl methyl sites for hydroxylation is 1. The average Bonchev–Trinajstić information content (AvgIpc) is 3.07. The average molecular weight is 415 g/mol. The molecule has 1 amide bonds. The van der Waals surface area contributed by atoms with Crippen LogP contribution in [0.15, 0.2) is 89.1 Å². The number of nitrogens with zero attached hydrogens (tertiary/aromatic N) is 3. The molecule has 0 radical (unpaired) electrons. The number of ether oxygens (including phenoxy) is 1. The third kappa shape index (κ3) is 4.56. The zero-order valence-corrected chi connectivity index (χ0v) is 16.7. The molecule has 7 heteroatoms. The second-order valence-electron chi connectivity index (χ2n) is 6.91. The highest BCUT2D eigenvalue weighted by Gasteiger charge is 2.16. The molecule has 0 unspecified atom stereocenters. The van der Waals surface area contributed by atoms with Gasteiger partial charge in [0.25, 0.3) is 5.91 Å². The molecule has 1 heterocycles. The molecule has 4 aromatic rings. The number of fused-ring (bicyclic) bond motifs is 1. The SMILES string of the molecule is O=C(N=Nc1c(O)n(CCCOc2ccccc2)c2ccccc12)c1ccc(O)cc1. The smallest absolute Gasteiger partial charge is 0.295 e. The van der Waals surface area contributed by atoms with Crippen molar-refractivity contribution in [2.45, 2.75) is 13.0 Å². The van der Waals surface area contributed by atoms with Crippen molar-refractivity contribution in [3.8, 4) is 17.4 Å². The molecule has 0 saturated carbocycles. The fourth-order valence-electron chi connectivity index (χ4n) is 3.28. The Hall–Kier alpha value is -4.13. The zero-order valence-electron chi connectivity index (χ0n) is 16.7. The number of benzene rings is 3. The van der Waals surface area contributed by atoms with Crippen molar-refractivity contribution >= 4 is 22.5 Å². The van der Waals surface area contributed by atoms with E-state index in [2.05, 4.69) is 10.2 Å². The van der Waals surface area contributed by atoms with Crippen molar-refractivity contribution in [3.63, 3.8) is 0 Å². The number of aromatic hydroxyl groups is 2. The van der Waals surface area contributed by atoms with Crippen molar-refractivity contribution in [1.29, 1.82) is 0 Å². The minimum atomic E-state index is -0.563. The summed E-state index contributed by atoms with van der Waals surface area (Å²) in [6.07, 6.45) is 0.671. The first kappa shape index (κ1) is 20.2. The fourth-order valence-corrected chi connectivity index (χ4v) is 3.28. The summed E-state index contributed by atoms with van der Waals surface area (Å²) >= 11 is 0. The molecule has 7 nitrogen and oxygen atoms in total. The number of aromatic nitrogens is 1. The van der Waals surface area contributed by atoms with Crippen LogP contribution in [0.5, 0.6) is 17.4 Å². The summed E-state index contributed by atoms with van der Waals surface area (Å²) in [5, 5.41) is 28.6. The third-order valence-electron chi connectivity index (χ3n) is 4.81. The number of carbonyl (C=O) groups excluding carboxylic acids is 1. The molecule has 31 heavy (non-hydrogen) atoms. The normalized spacial score (nSPS) is 11.2. The molecule has 0 aliphatic heterocycles. The zero-order chi connectivity index (χ0) is 21.6. The van der Waals surface area contributed by atoms with Crippen LogP contribution in [0.2, 0.25) is 0 Å². The summed E-state index contributed by atoms with van der Waals surface area (Å²) in [5.74, 6) is 0.243. The van der Waals surface area contributed by atoms with Gasteiger partial charge < -0.3 is 19.5 Å². The fraction of sp³-hybridized carbons (Fsp3) is 0.125. The highest BCUT2D eigenvalue weighted by atomic mass is 16.5. The van der Waals surface area contributed by atoms with Crippen molar-refractivity contribution in [3.05, 3.63) is 84.4 Å². The first-order chi connectivity index (χ1) is 15.1. The number of amides is 1. The molecule has 0 spiro atoms. The Bertz CT molecular complexity index is 1220. The van der Waals surface area contributed by atoms with Gasteiger partial charge in [-0.25, -0.2) is 0 Å². The second-order valence-corrected chi connectivity index (χ2v) is 6.91. The summed E-state index contributed by atoms with van der Waals surface area (Å²) in [6, 6.07) is 22.7. The Labute approximate surface area is 178 Å². The Morgan fingerprint density at radius 2 is 1.61 bits per heavy atom. The lowest BCUT2D eigenvalue weighted by molar-refractivity contribution is 0.0995. The van der Waals surface area contributed by atoms with Crippen LogP contribution in [0.3, 0.4) is 0 Å². The Morgan fingerprint density at radius 3 is 2.39 bits per heavy atom. The highest BCUT2D eigenvalue weighted by Crippen LogP contribution is 2.39. The molecule has 4 rings (SSSR count). The molecular formula is C24H21N3O4. The molecule has 156 valence electrons. The number of phenolic OH excluding ortho intramolecular Hbond substituents is 1. The van der Waals surface area contributed by atoms with Gasteiger partial charge in [0.2, 0.25) is 5.88 Å². The molecule has 1 aromatic heterocycles. The lowest BCUT2D eigenvalue weighted by Crippen LogP contribution is -2.04. The molecule has 2 N–H and O–H groups in total. The number of carbonyl (C=O) groups is 1. The topological polar surface area (TPSA) is 96.4 Å². The Kier molecular flexibility index (Phi) is 5.93. The van der Waals surface area contributed by atoms with Gasteiger partial charge in [0.05, 0.1) is 12.1 Å². The van der Waals surface area contributed by atoms with Gasteiger partial charge in [-0.2, -0.15) is 0 Å². The summed E-state index contributed by atoms with van der Waals surface area (Å²) < 4.78 is 7.46. The summed E-state index contributed by atoms with van der Waals surface area (Å²) in [7, 11) is 0. The molecule has 0 aliphatic carbocycles. The van der Waals surface area contributed by atoms with Gasteiger partial charge in [-0.1, -0.05) is 36.4 Å². The Morgan fingerprint density at radius 1 is 0.903 bits per heavy atom. The maximum atomic E-state index is 12.3. The van der Waals surface area contributed by atoms with E-state index < -0.39 is 5.91 Å². The van der Waals surface area contributed by atoms with Crippen molar-refractivity contribution < 1.29 is 19.7 Å². The largest absolute Gasteiger partial charge is 0.508 e. The molecule has 0 atom stereocenters. The van der Waals surface area contributed by atoms with Crippen LogP contribution in [0.1, 0.15) is 16.8 Å². The number of hydrogen-bond acceptors (Lipinski definition) is 5. The first-order valence-electron chi connectivity index (χ1n) is 9.86. The lowest BCUT2D eigenvalue weighted by atomic mass is 10.2. The third-order valence-corrected chi connectivity index (χ3v) is 4.81. The minimum absolute atomic E-state index is 0.0526. The number of rotatable bonds is 7. The van der Waals surface area contributed by atoms with E-state index in [-0.39, 0.29) is 17.3 Å². The van der Waals surface area contributed by atoms with E-state index in [0.717, 1.165) is 11.3 Å². The van der Waals surface area contributed by atoms with Crippen molar-refractivity contribution in [1.82, 2.24) is 4.57 Å². The van der Waals surface area contributed by atoms with E-state index in [9.17, 15) is 15.0 Å². The molecular weight excluding hydrogens is 394 g/mol. The summed E-state index contributed by atoms with van der Waals surface area (Å²) in [5.41, 5.74) is 1.33. The Balaban J connectivity index is 1.52. The number of hydrogen-bond donors (Lipinski definition) is 2. The monoisotopic (exact) mass is 415 g/mol. The van der Waals surface area contributed by atoms with E-state index in [4.69, 9.17) is 4.74 Å². The van der Waals surface area contributed by atoms with E-state index in [1.165, 1.54) is 24.3 Å². The maximum Gasteiger partial charge on any atom is 0.295 e. The number of azo groups is 1. The minimum Gasteiger partial charge on any atom is -0.508 e. The molecule has 3 aromatic carbocycles.